The predicted octanol–water partition coefficient (Wildman–Crippen LogP) is 4.07. The molecule has 0 saturated heterocycles. The Morgan fingerprint density at radius 3 is 2.82 bits per heavy atom. The van der Waals surface area contributed by atoms with Crippen LogP contribution < -0.4 is 11.1 Å². The van der Waals surface area contributed by atoms with E-state index in [2.05, 4.69) is 23.8 Å². The highest BCUT2D eigenvalue weighted by Gasteiger charge is 2.14. The first kappa shape index (κ1) is 19.2. The molecule has 4 rings (SSSR count). The number of hydrogen-bond acceptors (Lipinski definition) is 6. The molecule has 0 amide bonds. The summed E-state index contributed by atoms with van der Waals surface area (Å²) >= 11 is 8.89. The third-order valence-corrected chi connectivity index (χ3v) is 6.14. The first-order valence-electron chi connectivity index (χ1n) is 8.71. The number of halogens is 1. The summed E-state index contributed by atoms with van der Waals surface area (Å²) in [6, 6.07) is 6.64. The van der Waals surface area contributed by atoms with E-state index in [4.69, 9.17) is 11.6 Å². The molecule has 144 valence electrons. The minimum Gasteiger partial charge on any atom is -0.287 e. The van der Waals surface area contributed by atoms with E-state index in [1.165, 1.54) is 33.6 Å². The fourth-order valence-corrected chi connectivity index (χ4v) is 4.72. The van der Waals surface area contributed by atoms with Crippen molar-refractivity contribution in [2.24, 2.45) is 5.92 Å². The van der Waals surface area contributed by atoms with Gasteiger partial charge in [0.25, 0.3) is 11.1 Å². The van der Waals surface area contributed by atoms with E-state index in [0.717, 1.165) is 0 Å². The van der Waals surface area contributed by atoms with Gasteiger partial charge in [-0.25, -0.2) is 9.97 Å². The molecule has 6 nitrogen and oxygen atoms in total. The number of thiazole rings is 1. The Bertz CT molecular complexity index is 1290. The number of benzene rings is 1. The van der Waals surface area contributed by atoms with Gasteiger partial charge in [-0.2, -0.15) is 0 Å². The van der Waals surface area contributed by atoms with Crippen molar-refractivity contribution >= 4 is 50.6 Å². The predicted molar refractivity (Wildman–Crippen MR) is 115 cm³/mol. The maximum Gasteiger partial charge on any atom is 0.262 e. The Hall–Kier alpha value is -2.16. The van der Waals surface area contributed by atoms with Gasteiger partial charge in [0.2, 0.25) is 0 Å². The van der Waals surface area contributed by atoms with Crippen molar-refractivity contribution in [2.45, 2.75) is 31.3 Å². The second-order valence-electron chi connectivity index (χ2n) is 6.80. The van der Waals surface area contributed by atoms with Gasteiger partial charge in [0.15, 0.2) is 10.1 Å². The summed E-state index contributed by atoms with van der Waals surface area (Å²) in [7, 11) is 0. The Morgan fingerprint density at radius 1 is 1.21 bits per heavy atom. The second kappa shape index (κ2) is 7.69. The number of hydrogen-bond donors (Lipinski definition) is 0. The lowest BCUT2D eigenvalue weighted by Gasteiger charge is -2.15. The SMILES string of the molecule is CC(C)Cn1c(SCc2cc(=O)n3ccsc3n2)nc2cc(Cl)ccc2c1=O. The van der Waals surface area contributed by atoms with Crippen LogP contribution in [0.15, 0.2) is 50.6 Å². The summed E-state index contributed by atoms with van der Waals surface area (Å²) in [5.41, 5.74) is 1.04. The van der Waals surface area contributed by atoms with Gasteiger partial charge in [0, 0.05) is 35.0 Å². The van der Waals surface area contributed by atoms with Crippen LogP contribution in [0, 0.1) is 5.92 Å². The van der Waals surface area contributed by atoms with E-state index in [9.17, 15) is 9.59 Å². The molecule has 0 bridgehead atoms. The highest BCUT2D eigenvalue weighted by molar-refractivity contribution is 7.98. The lowest BCUT2D eigenvalue weighted by atomic mass is 10.2. The van der Waals surface area contributed by atoms with Gasteiger partial charge in [-0.05, 0) is 24.1 Å². The number of rotatable bonds is 5. The molecule has 3 aromatic heterocycles. The molecule has 0 unspecified atom stereocenters. The maximum absolute atomic E-state index is 13.0. The van der Waals surface area contributed by atoms with Crippen molar-refractivity contribution in [3.05, 3.63) is 67.3 Å². The van der Waals surface area contributed by atoms with Crippen molar-refractivity contribution in [2.75, 3.05) is 0 Å². The summed E-state index contributed by atoms with van der Waals surface area (Å²) in [4.78, 5) is 35.0. The van der Waals surface area contributed by atoms with Crippen LogP contribution in [0.1, 0.15) is 19.5 Å². The van der Waals surface area contributed by atoms with E-state index >= 15 is 0 Å². The van der Waals surface area contributed by atoms with Gasteiger partial charge in [0.1, 0.15) is 0 Å². The van der Waals surface area contributed by atoms with Crippen molar-refractivity contribution in [3.8, 4) is 0 Å². The Kier molecular flexibility index (Phi) is 5.27. The van der Waals surface area contributed by atoms with Crippen LogP contribution in [0.4, 0.5) is 0 Å². The Morgan fingerprint density at radius 2 is 2.04 bits per heavy atom. The van der Waals surface area contributed by atoms with E-state index < -0.39 is 0 Å². The van der Waals surface area contributed by atoms with Gasteiger partial charge in [-0.1, -0.05) is 37.2 Å². The number of aromatic nitrogens is 4. The molecule has 0 radical (unpaired) electrons. The number of fused-ring (bicyclic) bond motifs is 2. The van der Waals surface area contributed by atoms with Crippen molar-refractivity contribution in [3.63, 3.8) is 0 Å². The largest absolute Gasteiger partial charge is 0.287 e. The first-order valence-corrected chi connectivity index (χ1v) is 11.0. The molecular weight excluding hydrogens is 416 g/mol. The molecule has 0 fully saturated rings. The molecule has 9 heteroatoms. The standard InChI is InChI=1S/C19H17ClN4O2S2/c1-11(2)9-24-17(26)14-4-3-12(20)7-15(14)22-19(24)28-10-13-8-16(25)23-5-6-27-18(23)21-13/h3-8,11H,9-10H2,1-2H3. The van der Waals surface area contributed by atoms with Crippen LogP contribution in [-0.2, 0) is 12.3 Å². The molecule has 0 N–H and O–H groups in total. The van der Waals surface area contributed by atoms with Gasteiger partial charge in [-0.15, -0.1) is 11.3 Å². The molecule has 4 aromatic rings. The molecule has 0 aliphatic carbocycles. The van der Waals surface area contributed by atoms with E-state index in [1.807, 2.05) is 5.38 Å². The second-order valence-corrected chi connectivity index (χ2v) is 9.05. The van der Waals surface area contributed by atoms with Crippen LogP contribution in [0.5, 0.6) is 0 Å². The van der Waals surface area contributed by atoms with Gasteiger partial charge in [0.05, 0.1) is 16.6 Å². The summed E-state index contributed by atoms with van der Waals surface area (Å²) in [5.74, 6) is 0.731. The quantitative estimate of drug-likeness (QED) is 0.351. The Balaban J connectivity index is 1.75. The van der Waals surface area contributed by atoms with Crippen LogP contribution in [0.2, 0.25) is 5.02 Å². The zero-order valence-electron chi connectivity index (χ0n) is 15.3. The average Bonchev–Trinajstić information content (AvgIpc) is 3.11. The molecule has 0 spiro atoms. The molecule has 1 aromatic carbocycles. The van der Waals surface area contributed by atoms with Crippen molar-refractivity contribution in [1.29, 1.82) is 0 Å². The molecule has 0 aliphatic rings. The van der Waals surface area contributed by atoms with Gasteiger partial charge >= 0.3 is 0 Å². The van der Waals surface area contributed by atoms with Crippen LogP contribution >= 0.6 is 34.7 Å². The summed E-state index contributed by atoms with van der Waals surface area (Å²) in [6.45, 7) is 4.67. The average molecular weight is 433 g/mol. The summed E-state index contributed by atoms with van der Waals surface area (Å²) in [6.07, 6.45) is 1.71. The molecular formula is C19H17ClN4O2S2. The normalized spacial score (nSPS) is 11.7. The van der Waals surface area contributed by atoms with Crippen LogP contribution in [0.25, 0.3) is 15.9 Å². The Labute approximate surface area is 173 Å². The third kappa shape index (κ3) is 3.72. The minimum atomic E-state index is -0.111. The van der Waals surface area contributed by atoms with E-state index in [-0.39, 0.29) is 17.0 Å². The molecule has 3 heterocycles. The monoisotopic (exact) mass is 432 g/mol. The third-order valence-electron chi connectivity index (χ3n) is 4.14. The van der Waals surface area contributed by atoms with E-state index in [1.54, 1.807) is 29.0 Å². The number of nitrogens with zero attached hydrogens (tertiary/aromatic N) is 4. The lowest BCUT2D eigenvalue weighted by molar-refractivity contribution is 0.475. The minimum absolute atomic E-state index is 0.0837. The first-order chi connectivity index (χ1) is 13.4. The summed E-state index contributed by atoms with van der Waals surface area (Å²) < 4.78 is 3.21. The van der Waals surface area contributed by atoms with Gasteiger partial charge in [-0.3, -0.25) is 18.6 Å². The zero-order chi connectivity index (χ0) is 19.8. The topological polar surface area (TPSA) is 69.3 Å². The van der Waals surface area contributed by atoms with Crippen LogP contribution in [-0.4, -0.2) is 18.9 Å². The molecule has 0 aliphatic heterocycles. The van der Waals surface area contributed by atoms with Crippen molar-refractivity contribution in [1.82, 2.24) is 18.9 Å². The van der Waals surface area contributed by atoms with E-state index in [0.29, 0.717) is 44.0 Å². The smallest absolute Gasteiger partial charge is 0.262 e. The molecule has 0 atom stereocenters. The summed E-state index contributed by atoms with van der Waals surface area (Å²) in [5, 5.41) is 3.51. The number of thioether (sulfide) groups is 1. The molecule has 28 heavy (non-hydrogen) atoms. The maximum atomic E-state index is 13.0. The van der Waals surface area contributed by atoms with Crippen LogP contribution in [0.3, 0.4) is 0 Å². The zero-order valence-corrected chi connectivity index (χ0v) is 17.6. The highest BCUT2D eigenvalue weighted by Crippen LogP contribution is 2.24. The van der Waals surface area contributed by atoms with Crippen molar-refractivity contribution < 1.29 is 0 Å². The fraction of sp³-hybridized carbons (Fsp3) is 0.263. The van der Waals surface area contributed by atoms with Gasteiger partial charge < -0.3 is 0 Å². The molecule has 0 saturated carbocycles. The fourth-order valence-electron chi connectivity index (χ4n) is 2.91. The lowest BCUT2D eigenvalue weighted by Crippen LogP contribution is -2.25. The highest BCUT2D eigenvalue weighted by atomic mass is 35.5.